The molecule has 0 unspecified atom stereocenters. The summed E-state index contributed by atoms with van der Waals surface area (Å²) in [5.74, 6) is 1.17. The highest BCUT2D eigenvalue weighted by Crippen LogP contribution is 2.24. The third kappa shape index (κ3) is 4.37. The van der Waals surface area contributed by atoms with Gasteiger partial charge in [0.2, 0.25) is 5.91 Å². The van der Waals surface area contributed by atoms with Gasteiger partial charge in [-0.3, -0.25) is 9.89 Å². The number of carbonyl (C=O) groups excluding carboxylic acids is 1. The van der Waals surface area contributed by atoms with Crippen molar-refractivity contribution in [3.63, 3.8) is 0 Å². The zero-order chi connectivity index (χ0) is 15.1. The van der Waals surface area contributed by atoms with E-state index < -0.39 is 0 Å². The number of hydrogen-bond acceptors (Lipinski definition) is 5. The molecule has 0 radical (unpaired) electrons. The lowest BCUT2D eigenvalue weighted by Gasteiger charge is -2.09. The summed E-state index contributed by atoms with van der Waals surface area (Å²) in [6, 6.07) is 7.44. The number of aromatic amines is 1. The van der Waals surface area contributed by atoms with Crippen LogP contribution in [0.1, 0.15) is 5.82 Å². The highest BCUT2D eigenvalue weighted by atomic mass is 16.5. The lowest BCUT2D eigenvalue weighted by atomic mass is 10.1. The number of nitrogens with one attached hydrogen (secondary N) is 3. The van der Waals surface area contributed by atoms with Gasteiger partial charge in [-0.25, -0.2) is 4.98 Å². The van der Waals surface area contributed by atoms with Gasteiger partial charge < -0.3 is 15.4 Å². The summed E-state index contributed by atoms with van der Waals surface area (Å²) in [6.45, 7) is 3.26. The number of hydrogen-bond donors (Lipinski definition) is 3. The van der Waals surface area contributed by atoms with Crippen LogP contribution in [0.15, 0.2) is 24.3 Å². The maximum Gasteiger partial charge on any atom is 0.238 e. The van der Waals surface area contributed by atoms with Crippen molar-refractivity contribution in [2.45, 2.75) is 6.92 Å². The largest absolute Gasteiger partial charge is 0.383 e. The lowest BCUT2D eigenvalue weighted by Crippen LogP contribution is -2.30. The summed E-state index contributed by atoms with van der Waals surface area (Å²) >= 11 is 0. The summed E-state index contributed by atoms with van der Waals surface area (Å²) in [5, 5.41) is 12.8. The van der Waals surface area contributed by atoms with Gasteiger partial charge in [0.05, 0.1) is 18.8 Å². The molecule has 21 heavy (non-hydrogen) atoms. The van der Waals surface area contributed by atoms with E-state index in [1.54, 1.807) is 7.11 Å². The first-order valence-corrected chi connectivity index (χ1v) is 6.68. The Morgan fingerprint density at radius 3 is 2.90 bits per heavy atom. The minimum absolute atomic E-state index is 0.120. The van der Waals surface area contributed by atoms with E-state index in [9.17, 15) is 4.79 Å². The van der Waals surface area contributed by atoms with E-state index in [4.69, 9.17) is 4.74 Å². The Kier molecular flexibility index (Phi) is 5.42. The van der Waals surface area contributed by atoms with Crippen molar-refractivity contribution in [3.8, 4) is 11.4 Å². The van der Waals surface area contributed by atoms with Gasteiger partial charge in [-0.2, -0.15) is 5.10 Å². The number of methoxy groups -OCH3 is 1. The summed E-state index contributed by atoms with van der Waals surface area (Å²) in [6.07, 6.45) is 0. The van der Waals surface area contributed by atoms with Crippen LogP contribution in [-0.2, 0) is 9.53 Å². The molecule has 2 aromatic rings. The van der Waals surface area contributed by atoms with E-state index >= 15 is 0 Å². The van der Waals surface area contributed by atoms with E-state index in [0.29, 0.717) is 24.7 Å². The molecule has 2 rings (SSSR count). The molecule has 7 heteroatoms. The number of nitrogens with zero attached hydrogens (tertiary/aromatic N) is 2. The van der Waals surface area contributed by atoms with Crippen LogP contribution in [0.5, 0.6) is 0 Å². The highest BCUT2D eigenvalue weighted by molar-refractivity contribution is 5.95. The molecule has 0 spiro atoms. The molecule has 1 aromatic heterocycles. The lowest BCUT2D eigenvalue weighted by molar-refractivity contribution is -0.115. The second kappa shape index (κ2) is 7.51. The van der Waals surface area contributed by atoms with Crippen LogP contribution in [0.4, 0.5) is 5.69 Å². The molecule has 0 aliphatic carbocycles. The van der Waals surface area contributed by atoms with Gasteiger partial charge in [-0.05, 0) is 19.1 Å². The first-order chi connectivity index (χ1) is 10.2. The van der Waals surface area contributed by atoms with Gasteiger partial charge in [0.25, 0.3) is 0 Å². The van der Waals surface area contributed by atoms with Gasteiger partial charge in [0, 0.05) is 19.2 Å². The molecule has 7 nitrogen and oxygen atoms in total. The zero-order valence-electron chi connectivity index (χ0n) is 12.1. The first-order valence-electron chi connectivity index (χ1n) is 6.68. The van der Waals surface area contributed by atoms with Crippen LogP contribution >= 0.6 is 0 Å². The Balaban J connectivity index is 2.02. The number of carbonyl (C=O) groups is 1. The molecule has 0 saturated carbocycles. The fraction of sp³-hybridized carbons (Fsp3) is 0.357. The molecule has 3 N–H and O–H groups in total. The summed E-state index contributed by atoms with van der Waals surface area (Å²) in [7, 11) is 1.62. The smallest absolute Gasteiger partial charge is 0.238 e. The predicted octanol–water partition coefficient (Wildman–Crippen LogP) is 0.955. The monoisotopic (exact) mass is 289 g/mol. The van der Waals surface area contributed by atoms with Gasteiger partial charge >= 0.3 is 0 Å². The van der Waals surface area contributed by atoms with Crippen molar-refractivity contribution >= 4 is 11.6 Å². The Labute approximate surface area is 123 Å². The normalized spacial score (nSPS) is 10.6. The Bertz CT molecular complexity index is 597. The molecule has 1 heterocycles. The molecule has 0 aliphatic rings. The van der Waals surface area contributed by atoms with Crippen molar-refractivity contribution in [2.75, 3.05) is 32.1 Å². The number of anilines is 1. The standard InChI is InChI=1S/C14H19N5O2/c1-10-16-14(19-18-10)11-5-3-4-6-12(11)17-13(20)9-15-7-8-21-2/h3-6,15H,7-9H2,1-2H3,(H,17,20)(H,16,18,19). The van der Waals surface area contributed by atoms with E-state index in [0.717, 1.165) is 11.4 Å². The molecular weight excluding hydrogens is 270 g/mol. The Hall–Kier alpha value is -2.25. The predicted molar refractivity (Wildman–Crippen MR) is 79.9 cm³/mol. The van der Waals surface area contributed by atoms with E-state index in [2.05, 4.69) is 25.8 Å². The van der Waals surface area contributed by atoms with Crippen LogP contribution < -0.4 is 10.6 Å². The van der Waals surface area contributed by atoms with E-state index in [-0.39, 0.29) is 12.5 Å². The molecule has 0 saturated heterocycles. The number of aromatic nitrogens is 3. The fourth-order valence-electron chi connectivity index (χ4n) is 1.82. The number of aryl methyl sites for hydroxylation is 1. The van der Waals surface area contributed by atoms with Gasteiger partial charge in [-0.15, -0.1) is 0 Å². The molecule has 0 atom stereocenters. The number of H-pyrrole nitrogens is 1. The fourth-order valence-corrected chi connectivity index (χ4v) is 1.82. The van der Waals surface area contributed by atoms with Gasteiger partial charge in [0.1, 0.15) is 5.82 Å². The number of benzene rings is 1. The van der Waals surface area contributed by atoms with Gasteiger partial charge in [0.15, 0.2) is 5.82 Å². The second-order valence-corrected chi connectivity index (χ2v) is 4.51. The van der Waals surface area contributed by atoms with Crippen LogP contribution in [0.2, 0.25) is 0 Å². The number of para-hydroxylation sites is 1. The van der Waals surface area contributed by atoms with Crippen LogP contribution in [0, 0.1) is 6.92 Å². The summed E-state index contributed by atoms with van der Waals surface area (Å²) < 4.78 is 4.91. The van der Waals surface area contributed by atoms with Crippen molar-refractivity contribution in [2.24, 2.45) is 0 Å². The SMILES string of the molecule is COCCNCC(=O)Nc1ccccc1-c1n[nH]c(C)n1. The highest BCUT2D eigenvalue weighted by Gasteiger charge is 2.11. The summed E-state index contributed by atoms with van der Waals surface area (Å²) in [5.41, 5.74) is 1.47. The maximum absolute atomic E-state index is 11.9. The number of amides is 1. The molecule has 1 amide bonds. The van der Waals surface area contributed by atoms with Crippen LogP contribution in [-0.4, -0.2) is 47.9 Å². The van der Waals surface area contributed by atoms with E-state index in [1.807, 2.05) is 31.2 Å². The molecule has 0 fully saturated rings. The van der Waals surface area contributed by atoms with Crippen LogP contribution in [0.25, 0.3) is 11.4 Å². The molecule has 0 aliphatic heterocycles. The van der Waals surface area contributed by atoms with Gasteiger partial charge in [-0.1, -0.05) is 12.1 Å². The van der Waals surface area contributed by atoms with Crippen molar-refractivity contribution < 1.29 is 9.53 Å². The second-order valence-electron chi connectivity index (χ2n) is 4.51. The average Bonchev–Trinajstić information content (AvgIpc) is 2.91. The minimum atomic E-state index is -0.120. The topological polar surface area (TPSA) is 91.9 Å². The zero-order valence-corrected chi connectivity index (χ0v) is 12.1. The maximum atomic E-state index is 11.9. The third-order valence-electron chi connectivity index (χ3n) is 2.81. The molecule has 112 valence electrons. The molecular formula is C14H19N5O2. The van der Waals surface area contributed by atoms with Crippen molar-refractivity contribution in [1.29, 1.82) is 0 Å². The average molecular weight is 289 g/mol. The van der Waals surface area contributed by atoms with Crippen molar-refractivity contribution in [3.05, 3.63) is 30.1 Å². The minimum Gasteiger partial charge on any atom is -0.383 e. The molecule has 0 bridgehead atoms. The quantitative estimate of drug-likeness (QED) is 0.660. The number of ether oxygens (including phenoxy) is 1. The van der Waals surface area contributed by atoms with E-state index in [1.165, 1.54) is 0 Å². The van der Waals surface area contributed by atoms with Crippen molar-refractivity contribution in [1.82, 2.24) is 20.5 Å². The summed E-state index contributed by atoms with van der Waals surface area (Å²) in [4.78, 5) is 16.2. The first kappa shape index (κ1) is 15.1. The molecule has 1 aromatic carbocycles. The number of rotatable bonds is 7. The third-order valence-corrected chi connectivity index (χ3v) is 2.81. The Morgan fingerprint density at radius 2 is 2.19 bits per heavy atom. The van der Waals surface area contributed by atoms with Crippen LogP contribution in [0.3, 0.4) is 0 Å². The Morgan fingerprint density at radius 1 is 1.38 bits per heavy atom.